The Morgan fingerprint density at radius 3 is 1.88 bits per heavy atom. The lowest BCUT2D eigenvalue weighted by atomic mass is 10.2. The Hall–Kier alpha value is -1.75. The standard InChI is InChI=1S/C8H10.C3H8N2.C3H4/c1-2-8-6-4-3-5-7-8;1-2-3(4)5;1-3-2/h3-7H,2H2,1H3;2H2,1H3,(H3,4,5);1H,2H3. The van der Waals surface area contributed by atoms with Crippen LogP contribution in [-0.2, 0) is 6.42 Å². The third kappa shape index (κ3) is 14.8. The molecule has 3 N–H and O–H groups in total. The molecule has 0 aliphatic heterocycles. The fraction of sp³-hybridized carbons (Fsp3) is 0.357. The quantitative estimate of drug-likeness (QED) is 0.447. The van der Waals surface area contributed by atoms with E-state index in [-0.39, 0.29) is 5.84 Å². The van der Waals surface area contributed by atoms with Crippen molar-refractivity contribution < 1.29 is 0 Å². The Bertz CT molecular complexity index is 296. The fourth-order valence-corrected chi connectivity index (χ4v) is 0.714. The van der Waals surface area contributed by atoms with Crippen LogP contribution in [0.3, 0.4) is 0 Å². The number of terminal acetylenes is 1. The Balaban J connectivity index is 0. The molecule has 2 heteroatoms. The first-order valence-corrected chi connectivity index (χ1v) is 5.36. The monoisotopic (exact) mass is 218 g/mol. The van der Waals surface area contributed by atoms with Gasteiger partial charge in [0.15, 0.2) is 0 Å². The zero-order valence-electron chi connectivity index (χ0n) is 10.5. The van der Waals surface area contributed by atoms with Gasteiger partial charge >= 0.3 is 0 Å². The van der Waals surface area contributed by atoms with E-state index in [0.717, 1.165) is 6.42 Å². The number of benzene rings is 1. The Morgan fingerprint density at radius 1 is 1.31 bits per heavy atom. The smallest absolute Gasteiger partial charge is 0.0902 e. The van der Waals surface area contributed by atoms with Crippen molar-refractivity contribution in [2.24, 2.45) is 5.73 Å². The van der Waals surface area contributed by atoms with Crippen LogP contribution in [0.15, 0.2) is 30.3 Å². The second-order valence-corrected chi connectivity index (χ2v) is 3.01. The van der Waals surface area contributed by atoms with Crippen molar-refractivity contribution in [1.29, 1.82) is 5.41 Å². The lowest BCUT2D eigenvalue weighted by Crippen LogP contribution is -2.05. The molecular weight excluding hydrogens is 196 g/mol. The summed E-state index contributed by atoms with van der Waals surface area (Å²) in [7, 11) is 0. The molecule has 0 aliphatic carbocycles. The zero-order chi connectivity index (χ0) is 12.8. The molecule has 0 aliphatic rings. The van der Waals surface area contributed by atoms with Crippen molar-refractivity contribution in [3.8, 4) is 12.3 Å². The number of hydrogen-bond acceptors (Lipinski definition) is 1. The third-order valence-electron chi connectivity index (χ3n) is 1.63. The maximum atomic E-state index is 6.52. The van der Waals surface area contributed by atoms with E-state index in [9.17, 15) is 0 Å². The first kappa shape index (κ1) is 16.7. The predicted molar refractivity (Wildman–Crippen MR) is 72.5 cm³/mol. The van der Waals surface area contributed by atoms with Crippen LogP contribution in [0, 0.1) is 17.8 Å². The van der Waals surface area contributed by atoms with Crippen molar-refractivity contribution in [3.05, 3.63) is 35.9 Å². The number of nitrogens with one attached hydrogen (secondary N) is 1. The fourth-order valence-electron chi connectivity index (χ4n) is 0.714. The van der Waals surface area contributed by atoms with Crippen LogP contribution < -0.4 is 5.73 Å². The second kappa shape index (κ2) is 13.2. The molecule has 0 heterocycles. The molecule has 0 saturated carbocycles. The molecule has 1 aromatic carbocycles. The molecule has 0 aromatic heterocycles. The number of aryl methyl sites for hydroxylation is 1. The number of nitrogens with two attached hydrogens (primary N) is 1. The number of hydrogen-bond donors (Lipinski definition) is 2. The molecule has 1 aromatic rings. The Kier molecular flexibility index (Phi) is 13.8. The average molecular weight is 218 g/mol. The van der Waals surface area contributed by atoms with E-state index in [1.807, 2.05) is 13.0 Å². The molecular formula is C14H22N2. The van der Waals surface area contributed by atoms with Crippen LogP contribution in [-0.4, -0.2) is 5.84 Å². The Morgan fingerprint density at radius 2 is 1.69 bits per heavy atom. The van der Waals surface area contributed by atoms with Crippen LogP contribution in [0.5, 0.6) is 0 Å². The highest BCUT2D eigenvalue weighted by atomic mass is 14.7. The topological polar surface area (TPSA) is 49.9 Å². The van der Waals surface area contributed by atoms with Crippen LogP contribution >= 0.6 is 0 Å². The van der Waals surface area contributed by atoms with E-state index in [1.165, 1.54) is 5.56 Å². The third-order valence-corrected chi connectivity index (χ3v) is 1.63. The molecule has 0 atom stereocenters. The summed E-state index contributed by atoms with van der Waals surface area (Å²) >= 11 is 0. The summed E-state index contributed by atoms with van der Waals surface area (Å²) in [5.41, 5.74) is 6.28. The maximum Gasteiger partial charge on any atom is 0.0902 e. The van der Waals surface area contributed by atoms with Crippen LogP contribution in [0.1, 0.15) is 32.8 Å². The van der Waals surface area contributed by atoms with Gasteiger partial charge in [-0.3, -0.25) is 5.41 Å². The second-order valence-electron chi connectivity index (χ2n) is 3.01. The van der Waals surface area contributed by atoms with Gasteiger partial charge in [-0.15, -0.1) is 12.3 Å². The SMILES string of the molecule is C#CC.CCC(=N)N.CCc1ccccc1. The normalized spacial score (nSPS) is 7.38. The van der Waals surface area contributed by atoms with Gasteiger partial charge in [0.05, 0.1) is 5.84 Å². The number of rotatable bonds is 2. The largest absolute Gasteiger partial charge is 0.388 e. The lowest BCUT2D eigenvalue weighted by Gasteiger charge is -1.89. The molecule has 88 valence electrons. The van der Waals surface area contributed by atoms with Crippen molar-refractivity contribution in [1.82, 2.24) is 0 Å². The molecule has 1 rings (SSSR count). The van der Waals surface area contributed by atoms with Gasteiger partial charge in [0.1, 0.15) is 0 Å². The summed E-state index contributed by atoms with van der Waals surface area (Å²) in [6, 6.07) is 10.5. The minimum atomic E-state index is 0.255. The summed E-state index contributed by atoms with van der Waals surface area (Å²) in [6.07, 6.45) is 6.40. The van der Waals surface area contributed by atoms with Gasteiger partial charge in [-0.1, -0.05) is 44.2 Å². The summed E-state index contributed by atoms with van der Waals surface area (Å²) in [5.74, 6) is 2.50. The van der Waals surface area contributed by atoms with Crippen molar-refractivity contribution in [2.45, 2.75) is 33.6 Å². The van der Waals surface area contributed by atoms with Crippen molar-refractivity contribution >= 4 is 5.84 Å². The van der Waals surface area contributed by atoms with Gasteiger partial charge in [-0.05, 0) is 18.9 Å². The van der Waals surface area contributed by atoms with Gasteiger partial charge < -0.3 is 5.73 Å². The lowest BCUT2D eigenvalue weighted by molar-refractivity contribution is 1.14. The highest BCUT2D eigenvalue weighted by molar-refractivity contribution is 5.76. The van der Waals surface area contributed by atoms with Crippen LogP contribution in [0.4, 0.5) is 0 Å². The highest BCUT2D eigenvalue weighted by Crippen LogP contribution is 1.96. The minimum absolute atomic E-state index is 0.255. The zero-order valence-corrected chi connectivity index (χ0v) is 10.5. The molecule has 0 spiro atoms. The molecule has 0 radical (unpaired) electrons. The molecule has 0 bridgehead atoms. The number of amidine groups is 1. The molecule has 2 nitrogen and oxygen atoms in total. The molecule has 0 saturated heterocycles. The van der Waals surface area contributed by atoms with Gasteiger partial charge in [-0.25, -0.2) is 0 Å². The van der Waals surface area contributed by atoms with Crippen LogP contribution in [0.2, 0.25) is 0 Å². The minimum Gasteiger partial charge on any atom is -0.388 e. The summed E-state index contributed by atoms with van der Waals surface area (Å²) in [5, 5.41) is 6.52. The van der Waals surface area contributed by atoms with E-state index in [2.05, 4.69) is 43.5 Å². The highest BCUT2D eigenvalue weighted by Gasteiger charge is 1.79. The summed E-state index contributed by atoms with van der Waals surface area (Å²) in [6.45, 7) is 5.66. The van der Waals surface area contributed by atoms with Crippen molar-refractivity contribution in [2.75, 3.05) is 0 Å². The van der Waals surface area contributed by atoms with E-state index in [0.29, 0.717) is 6.42 Å². The van der Waals surface area contributed by atoms with E-state index < -0.39 is 0 Å². The molecule has 0 unspecified atom stereocenters. The Labute approximate surface area is 99.4 Å². The molecule has 16 heavy (non-hydrogen) atoms. The van der Waals surface area contributed by atoms with E-state index >= 15 is 0 Å². The van der Waals surface area contributed by atoms with Gasteiger partial charge in [0.25, 0.3) is 0 Å². The predicted octanol–water partition coefficient (Wildman–Crippen LogP) is 3.22. The first-order chi connectivity index (χ1) is 7.62. The van der Waals surface area contributed by atoms with Crippen LogP contribution in [0.25, 0.3) is 0 Å². The van der Waals surface area contributed by atoms with Gasteiger partial charge in [-0.2, -0.15) is 0 Å². The average Bonchev–Trinajstić information content (AvgIpc) is 2.32. The van der Waals surface area contributed by atoms with E-state index in [4.69, 9.17) is 11.1 Å². The van der Waals surface area contributed by atoms with Crippen molar-refractivity contribution in [3.63, 3.8) is 0 Å². The van der Waals surface area contributed by atoms with Gasteiger partial charge in [0, 0.05) is 6.42 Å². The summed E-state index contributed by atoms with van der Waals surface area (Å²) < 4.78 is 0. The summed E-state index contributed by atoms with van der Waals surface area (Å²) in [4.78, 5) is 0. The molecule has 0 amide bonds. The van der Waals surface area contributed by atoms with E-state index in [1.54, 1.807) is 6.92 Å². The van der Waals surface area contributed by atoms with Gasteiger partial charge in [0.2, 0.25) is 0 Å². The maximum absolute atomic E-state index is 6.52. The molecule has 0 fully saturated rings. The first-order valence-electron chi connectivity index (χ1n) is 5.36.